The van der Waals surface area contributed by atoms with Crippen molar-refractivity contribution in [2.45, 2.75) is 26.3 Å². The first-order valence-corrected chi connectivity index (χ1v) is 11.6. The third kappa shape index (κ3) is 5.10. The van der Waals surface area contributed by atoms with Crippen LogP contribution in [-0.2, 0) is 6.54 Å². The molecule has 7 nitrogen and oxygen atoms in total. The van der Waals surface area contributed by atoms with Crippen molar-refractivity contribution in [2.24, 2.45) is 0 Å². The summed E-state index contributed by atoms with van der Waals surface area (Å²) in [6.07, 6.45) is 4.60. The molecule has 3 heterocycles. The summed E-state index contributed by atoms with van der Waals surface area (Å²) in [5.74, 6) is -2.82. The van der Waals surface area contributed by atoms with Gasteiger partial charge in [0.2, 0.25) is 11.2 Å². The molecule has 0 spiro atoms. The Hall–Kier alpha value is -4.14. The van der Waals surface area contributed by atoms with Gasteiger partial charge in [0.25, 0.3) is 5.91 Å². The summed E-state index contributed by atoms with van der Waals surface area (Å²) in [6.45, 7) is 4.80. The van der Waals surface area contributed by atoms with E-state index in [-0.39, 0.29) is 37.8 Å². The topological polar surface area (TPSA) is 75.0 Å². The molecule has 1 N–H and O–H groups in total. The predicted octanol–water partition coefficient (Wildman–Crippen LogP) is 4.14. The third-order valence-corrected chi connectivity index (χ3v) is 5.95. The van der Waals surface area contributed by atoms with Crippen LogP contribution in [0.15, 0.2) is 71.7 Å². The van der Waals surface area contributed by atoms with E-state index in [0.717, 1.165) is 12.1 Å². The van der Waals surface area contributed by atoms with E-state index in [2.05, 4.69) is 38.1 Å². The molecule has 3 aromatic rings. The van der Waals surface area contributed by atoms with Crippen LogP contribution in [0.2, 0.25) is 0 Å². The number of benzene rings is 2. The molecule has 5 rings (SSSR count). The highest BCUT2D eigenvalue weighted by Gasteiger charge is 2.32. The Balaban J connectivity index is 0.000000286. The fourth-order valence-electron chi connectivity index (χ4n) is 3.99. The van der Waals surface area contributed by atoms with E-state index in [1.807, 2.05) is 6.07 Å². The largest absolute Gasteiger partial charge is 0.502 e. The first-order valence-electron chi connectivity index (χ1n) is 11.6. The zero-order chi connectivity index (χ0) is 25.8. The molecule has 0 fully saturated rings. The van der Waals surface area contributed by atoms with Gasteiger partial charge in [-0.3, -0.25) is 19.3 Å². The number of amides is 1. The zero-order valence-corrected chi connectivity index (χ0v) is 20.0. The maximum Gasteiger partial charge on any atom is 0.278 e. The normalized spacial score (nSPS) is 15.6. The van der Waals surface area contributed by atoms with Gasteiger partial charge in [0.05, 0.1) is 6.54 Å². The molecule has 36 heavy (non-hydrogen) atoms. The summed E-state index contributed by atoms with van der Waals surface area (Å²) in [5, 5.41) is 11.7. The second-order valence-electron chi connectivity index (χ2n) is 8.75. The number of aromatic hydroxyl groups is 1. The molecule has 0 radical (unpaired) electrons. The Bertz CT molecular complexity index is 1340. The van der Waals surface area contributed by atoms with E-state index in [1.54, 1.807) is 17.2 Å². The van der Waals surface area contributed by atoms with Crippen LogP contribution in [0.3, 0.4) is 0 Å². The van der Waals surface area contributed by atoms with Crippen LogP contribution in [0, 0.1) is 11.6 Å². The van der Waals surface area contributed by atoms with Gasteiger partial charge in [-0.1, -0.05) is 56.3 Å². The van der Waals surface area contributed by atoms with Crippen LogP contribution >= 0.6 is 0 Å². The average Bonchev–Trinajstić information content (AvgIpc) is 2.91. The number of aromatic nitrogens is 1. The second kappa shape index (κ2) is 10.6. The molecular formula is C27H27F2N3O4. The SMILES string of the molecule is CC(C)c1ccccc1.O=C1c2c(O)c(=O)ccn2N2Cc3ccc(F)c(F)c3OC/C=C\CN1C2. The standard InChI is InChI=1S/C18H15F2N3O4.C9H12/c19-12-4-3-11-9-22-10-21(6-1-2-8-27-17(11)14(12)20)18(26)15-16(25)13(24)5-7-23(15)22;1-8(2)9-6-4-3-5-7-9/h1-5,7,25H,6,8-10H2;3-8H,1-2H3/b2-1-;. The first-order chi connectivity index (χ1) is 17.3. The predicted molar refractivity (Wildman–Crippen MR) is 132 cm³/mol. The highest BCUT2D eigenvalue weighted by Crippen LogP contribution is 2.28. The molecular weight excluding hydrogens is 468 g/mol. The smallest absolute Gasteiger partial charge is 0.278 e. The van der Waals surface area contributed by atoms with Gasteiger partial charge in [-0.05, 0) is 23.6 Å². The summed E-state index contributed by atoms with van der Waals surface area (Å²) in [7, 11) is 0. The molecule has 1 amide bonds. The Morgan fingerprint density at radius 2 is 1.75 bits per heavy atom. The van der Waals surface area contributed by atoms with Crippen molar-refractivity contribution in [3.05, 3.63) is 106 Å². The molecule has 0 atom stereocenters. The summed E-state index contributed by atoms with van der Waals surface area (Å²) < 4.78 is 34.6. The minimum Gasteiger partial charge on any atom is -0.502 e. The van der Waals surface area contributed by atoms with Crippen LogP contribution < -0.4 is 15.2 Å². The molecule has 188 valence electrons. The van der Waals surface area contributed by atoms with Crippen molar-refractivity contribution in [2.75, 3.05) is 24.8 Å². The highest BCUT2D eigenvalue weighted by molar-refractivity contribution is 5.96. The number of ether oxygens (including phenoxy) is 1. The Kier molecular flexibility index (Phi) is 7.38. The van der Waals surface area contributed by atoms with Crippen LogP contribution in [-0.4, -0.2) is 40.4 Å². The quantitative estimate of drug-likeness (QED) is 0.514. The van der Waals surface area contributed by atoms with Crippen molar-refractivity contribution in [1.29, 1.82) is 0 Å². The molecule has 2 aromatic carbocycles. The lowest BCUT2D eigenvalue weighted by molar-refractivity contribution is 0.0706. The minimum absolute atomic E-state index is 0.00541. The summed E-state index contributed by atoms with van der Waals surface area (Å²) in [5.41, 5.74) is 0.930. The van der Waals surface area contributed by atoms with Gasteiger partial charge in [0, 0.05) is 24.4 Å². The van der Waals surface area contributed by atoms with Crippen LogP contribution in [0.1, 0.15) is 41.4 Å². The number of pyridine rings is 1. The zero-order valence-electron chi connectivity index (χ0n) is 20.0. The number of rotatable bonds is 1. The lowest BCUT2D eigenvalue weighted by atomic mass is 10.0. The maximum atomic E-state index is 14.2. The van der Waals surface area contributed by atoms with E-state index >= 15 is 0 Å². The van der Waals surface area contributed by atoms with E-state index in [0.29, 0.717) is 11.5 Å². The minimum atomic E-state index is -1.09. The first kappa shape index (κ1) is 25.0. The van der Waals surface area contributed by atoms with E-state index < -0.39 is 28.7 Å². The molecule has 2 bridgehead atoms. The number of nitrogens with zero attached hydrogens (tertiary/aromatic N) is 3. The number of carbonyl (C=O) groups excluding carboxylic acids is 1. The molecule has 2 aliphatic rings. The van der Waals surface area contributed by atoms with Gasteiger partial charge in [-0.25, -0.2) is 4.39 Å². The molecule has 0 aliphatic carbocycles. The number of hydrogen-bond donors (Lipinski definition) is 1. The van der Waals surface area contributed by atoms with Gasteiger partial charge in [0.1, 0.15) is 13.3 Å². The Morgan fingerprint density at radius 1 is 1.00 bits per heavy atom. The molecule has 9 heteroatoms. The van der Waals surface area contributed by atoms with Gasteiger partial charge >= 0.3 is 0 Å². The summed E-state index contributed by atoms with van der Waals surface area (Å²) in [4.78, 5) is 25.9. The fraction of sp³-hybridized carbons (Fsp3) is 0.259. The van der Waals surface area contributed by atoms with Gasteiger partial charge in [-0.15, -0.1) is 0 Å². The Labute approximate surface area is 207 Å². The molecule has 2 aliphatic heterocycles. The van der Waals surface area contributed by atoms with Crippen molar-refractivity contribution >= 4 is 5.91 Å². The van der Waals surface area contributed by atoms with E-state index in [9.17, 15) is 23.5 Å². The van der Waals surface area contributed by atoms with Crippen LogP contribution in [0.5, 0.6) is 11.5 Å². The fourth-order valence-corrected chi connectivity index (χ4v) is 3.99. The Morgan fingerprint density at radius 3 is 2.44 bits per heavy atom. The number of fused-ring (bicyclic) bond motifs is 5. The summed E-state index contributed by atoms with van der Waals surface area (Å²) >= 11 is 0. The lowest BCUT2D eigenvalue weighted by Gasteiger charge is -2.39. The molecule has 1 aromatic heterocycles. The van der Waals surface area contributed by atoms with Crippen molar-refractivity contribution in [3.63, 3.8) is 0 Å². The molecule has 0 saturated carbocycles. The summed E-state index contributed by atoms with van der Waals surface area (Å²) in [6, 6.07) is 14.1. The van der Waals surface area contributed by atoms with Crippen LogP contribution in [0.4, 0.5) is 8.78 Å². The van der Waals surface area contributed by atoms with Crippen molar-refractivity contribution in [1.82, 2.24) is 9.58 Å². The second-order valence-corrected chi connectivity index (χ2v) is 8.75. The number of halogens is 2. The van der Waals surface area contributed by atoms with E-state index in [4.69, 9.17) is 4.74 Å². The maximum absolute atomic E-state index is 14.2. The van der Waals surface area contributed by atoms with Crippen molar-refractivity contribution < 1.29 is 23.4 Å². The monoisotopic (exact) mass is 495 g/mol. The molecule has 0 saturated heterocycles. The third-order valence-electron chi connectivity index (χ3n) is 5.95. The van der Waals surface area contributed by atoms with Gasteiger partial charge < -0.3 is 14.7 Å². The average molecular weight is 496 g/mol. The highest BCUT2D eigenvalue weighted by atomic mass is 19.2. The van der Waals surface area contributed by atoms with Gasteiger partial charge in [0.15, 0.2) is 23.0 Å². The number of carbonyl (C=O) groups is 1. The van der Waals surface area contributed by atoms with Crippen molar-refractivity contribution in [3.8, 4) is 11.5 Å². The van der Waals surface area contributed by atoms with Gasteiger partial charge in [-0.2, -0.15) is 4.39 Å². The lowest BCUT2D eigenvalue weighted by Crippen LogP contribution is -2.53. The van der Waals surface area contributed by atoms with E-state index in [1.165, 1.54) is 27.4 Å². The van der Waals surface area contributed by atoms with Crippen LogP contribution in [0.25, 0.3) is 0 Å². The molecule has 0 unspecified atom stereocenters. The number of hydrogen-bond acceptors (Lipinski definition) is 5.